The molecule has 0 spiro atoms. The Morgan fingerprint density at radius 1 is 1.47 bits per heavy atom. The monoisotopic (exact) mass is 209 g/mol. The van der Waals surface area contributed by atoms with Crippen LogP contribution in [0.1, 0.15) is 23.1 Å². The van der Waals surface area contributed by atoms with Crippen LogP contribution in [0.15, 0.2) is 12.1 Å². The Kier molecular flexibility index (Phi) is 3.38. The minimum atomic E-state index is -0.995. The van der Waals surface area contributed by atoms with E-state index in [4.69, 9.17) is 9.84 Å². The van der Waals surface area contributed by atoms with Gasteiger partial charge in [-0.25, -0.2) is 4.98 Å². The number of nitrogens with zero attached hydrogens (tertiary/aromatic N) is 1. The lowest BCUT2D eigenvalue weighted by atomic mass is 10.2. The zero-order chi connectivity index (χ0) is 11.4. The molecule has 15 heavy (non-hydrogen) atoms. The van der Waals surface area contributed by atoms with Crippen molar-refractivity contribution < 1.29 is 19.4 Å². The summed E-state index contributed by atoms with van der Waals surface area (Å²) in [6.07, 6.45) is -0.225. The fourth-order valence-corrected chi connectivity index (χ4v) is 1.10. The first-order valence-corrected chi connectivity index (χ1v) is 4.30. The number of hydrogen-bond donors (Lipinski definition) is 1. The van der Waals surface area contributed by atoms with E-state index in [0.29, 0.717) is 11.4 Å². The molecule has 0 aliphatic heterocycles. The molecule has 0 bridgehead atoms. The maximum atomic E-state index is 11.1. The Morgan fingerprint density at radius 2 is 2.13 bits per heavy atom. The summed E-state index contributed by atoms with van der Waals surface area (Å²) in [6.45, 7) is 1.37. The summed E-state index contributed by atoms with van der Waals surface area (Å²) in [5.74, 6) is -0.780. The fraction of sp³-hybridized carbons (Fsp3) is 0.300. The molecule has 80 valence electrons. The van der Waals surface area contributed by atoms with Gasteiger partial charge in [-0.05, 0) is 0 Å². The van der Waals surface area contributed by atoms with E-state index in [1.165, 1.54) is 26.2 Å². The highest BCUT2D eigenvalue weighted by molar-refractivity contribution is 5.92. The fourth-order valence-electron chi connectivity index (χ4n) is 1.10. The molecule has 0 unspecified atom stereocenters. The van der Waals surface area contributed by atoms with E-state index in [1.54, 1.807) is 0 Å². The van der Waals surface area contributed by atoms with Gasteiger partial charge in [0, 0.05) is 19.1 Å². The smallest absolute Gasteiger partial charge is 0.309 e. The summed E-state index contributed by atoms with van der Waals surface area (Å²) in [4.78, 5) is 25.5. The Morgan fingerprint density at radius 3 is 2.60 bits per heavy atom. The van der Waals surface area contributed by atoms with Crippen molar-refractivity contribution in [3.8, 4) is 5.75 Å². The molecule has 0 radical (unpaired) electrons. The maximum absolute atomic E-state index is 11.1. The number of Topliss-reactive ketones (excluding diaryl/α,β-unsaturated/α-hetero) is 1. The third-order valence-corrected chi connectivity index (χ3v) is 1.78. The maximum Gasteiger partial charge on any atom is 0.309 e. The topological polar surface area (TPSA) is 76.5 Å². The van der Waals surface area contributed by atoms with Crippen LogP contribution in [0.2, 0.25) is 0 Å². The first-order chi connectivity index (χ1) is 7.02. The zero-order valence-corrected chi connectivity index (χ0v) is 8.48. The summed E-state index contributed by atoms with van der Waals surface area (Å²) in [5, 5.41) is 8.59. The van der Waals surface area contributed by atoms with E-state index >= 15 is 0 Å². The number of carbonyl (C=O) groups is 2. The first kappa shape index (κ1) is 11.2. The normalized spacial score (nSPS) is 9.73. The van der Waals surface area contributed by atoms with Crippen molar-refractivity contribution in [1.82, 2.24) is 4.98 Å². The molecule has 1 heterocycles. The van der Waals surface area contributed by atoms with E-state index in [1.807, 2.05) is 0 Å². The lowest BCUT2D eigenvalue weighted by Crippen LogP contribution is -2.06. The van der Waals surface area contributed by atoms with E-state index in [-0.39, 0.29) is 17.9 Å². The van der Waals surface area contributed by atoms with Crippen LogP contribution >= 0.6 is 0 Å². The van der Waals surface area contributed by atoms with Crippen molar-refractivity contribution in [3.63, 3.8) is 0 Å². The summed E-state index contributed by atoms with van der Waals surface area (Å²) >= 11 is 0. The van der Waals surface area contributed by atoms with Crippen molar-refractivity contribution in [2.24, 2.45) is 0 Å². The number of rotatable bonds is 4. The number of carboxylic acids is 1. The van der Waals surface area contributed by atoms with Crippen molar-refractivity contribution in [3.05, 3.63) is 23.5 Å². The lowest BCUT2D eigenvalue weighted by molar-refractivity contribution is -0.136. The van der Waals surface area contributed by atoms with E-state index in [0.717, 1.165) is 0 Å². The van der Waals surface area contributed by atoms with Crippen LogP contribution in [-0.2, 0) is 11.2 Å². The van der Waals surface area contributed by atoms with Gasteiger partial charge in [0.15, 0.2) is 5.78 Å². The number of pyridine rings is 1. The highest BCUT2D eigenvalue weighted by Crippen LogP contribution is 2.14. The summed E-state index contributed by atoms with van der Waals surface area (Å²) in [6, 6.07) is 2.98. The van der Waals surface area contributed by atoms with Crippen LogP contribution < -0.4 is 4.74 Å². The summed E-state index contributed by atoms with van der Waals surface area (Å²) in [7, 11) is 1.45. The number of ether oxygens (including phenoxy) is 1. The van der Waals surface area contributed by atoms with Crippen LogP contribution in [0.3, 0.4) is 0 Å². The van der Waals surface area contributed by atoms with Gasteiger partial charge in [-0.2, -0.15) is 0 Å². The number of carboxylic acid groups (broad SMARTS) is 1. The Labute approximate surface area is 86.7 Å². The van der Waals surface area contributed by atoms with Gasteiger partial charge in [-0.15, -0.1) is 0 Å². The number of carbonyl (C=O) groups excluding carboxylic acids is 1. The van der Waals surface area contributed by atoms with Crippen LogP contribution in [0.4, 0.5) is 0 Å². The molecule has 0 aliphatic rings. The molecule has 1 rings (SSSR count). The number of aliphatic carboxylic acids is 1. The highest BCUT2D eigenvalue weighted by Gasteiger charge is 2.09. The molecule has 0 atom stereocenters. The Balaban J connectivity index is 3.11. The van der Waals surface area contributed by atoms with E-state index in [9.17, 15) is 9.59 Å². The number of hydrogen-bond acceptors (Lipinski definition) is 4. The average Bonchev–Trinajstić information content (AvgIpc) is 2.16. The standard InChI is InChI=1S/C10H11NO4/c1-6(12)9-5-8(15-2)3-7(11-9)4-10(13)14/h3,5H,4H2,1-2H3,(H,13,14). The second-order valence-electron chi connectivity index (χ2n) is 3.01. The van der Waals surface area contributed by atoms with E-state index < -0.39 is 5.97 Å². The van der Waals surface area contributed by atoms with Gasteiger partial charge in [-0.1, -0.05) is 0 Å². The predicted octanol–water partition coefficient (Wildman–Crippen LogP) is 0.920. The average molecular weight is 209 g/mol. The van der Waals surface area contributed by atoms with Crippen molar-refractivity contribution >= 4 is 11.8 Å². The van der Waals surface area contributed by atoms with Gasteiger partial charge in [0.2, 0.25) is 0 Å². The quantitative estimate of drug-likeness (QED) is 0.746. The first-order valence-electron chi connectivity index (χ1n) is 4.30. The molecule has 1 N–H and O–H groups in total. The van der Waals surface area contributed by atoms with Gasteiger partial charge in [0.1, 0.15) is 11.4 Å². The van der Waals surface area contributed by atoms with Gasteiger partial charge >= 0.3 is 5.97 Å². The van der Waals surface area contributed by atoms with Crippen molar-refractivity contribution in [2.45, 2.75) is 13.3 Å². The Bertz CT molecular complexity index is 400. The van der Waals surface area contributed by atoms with E-state index in [2.05, 4.69) is 4.98 Å². The van der Waals surface area contributed by atoms with Gasteiger partial charge in [-0.3, -0.25) is 9.59 Å². The second kappa shape index (κ2) is 4.54. The van der Waals surface area contributed by atoms with Gasteiger partial charge < -0.3 is 9.84 Å². The molecule has 0 saturated carbocycles. The molecular weight excluding hydrogens is 198 g/mol. The minimum absolute atomic E-state index is 0.214. The SMILES string of the molecule is COc1cc(CC(=O)O)nc(C(C)=O)c1. The molecule has 0 fully saturated rings. The molecule has 0 aromatic carbocycles. The second-order valence-corrected chi connectivity index (χ2v) is 3.01. The highest BCUT2D eigenvalue weighted by atomic mass is 16.5. The zero-order valence-electron chi connectivity index (χ0n) is 8.48. The summed E-state index contributed by atoms with van der Waals surface area (Å²) in [5.41, 5.74) is 0.526. The molecule has 1 aromatic rings. The van der Waals surface area contributed by atoms with Gasteiger partial charge in [0.25, 0.3) is 0 Å². The number of ketones is 1. The molecular formula is C10H11NO4. The lowest BCUT2D eigenvalue weighted by Gasteiger charge is -2.04. The largest absolute Gasteiger partial charge is 0.497 e. The molecule has 0 amide bonds. The van der Waals surface area contributed by atoms with Crippen molar-refractivity contribution in [1.29, 1.82) is 0 Å². The predicted molar refractivity (Wildman–Crippen MR) is 52.1 cm³/mol. The molecule has 0 saturated heterocycles. The Hall–Kier alpha value is -1.91. The summed E-state index contributed by atoms with van der Waals surface area (Å²) < 4.78 is 4.94. The molecule has 0 aliphatic carbocycles. The third kappa shape index (κ3) is 3.05. The van der Waals surface area contributed by atoms with Crippen molar-refractivity contribution in [2.75, 3.05) is 7.11 Å². The van der Waals surface area contributed by atoms with Crippen LogP contribution in [0.25, 0.3) is 0 Å². The minimum Gasteiger partial charge on any atom is -0.497 e. The number of aromatic nitrogens is 1. The van der Waals surface area contributed by atoms with Crippen LogP contribution in [0.5, 0.6) is 5.75 Å². The van der Waals surface area contributed by atoms with Gasteiger partial charge in [0.05, 0.1) is 19.2 Å². The molecule has 1 aromatic heterocycles. The third-order valence-electron chi connectivity index (χ3n) is 1.78. The van der Waals surface area contributed by atoms with Crippen LogP contribution in [-0.4, -0.2) is 29.0 Å². The molecule has 5 heteroatoms. The number of methoxy groups -OCH3 is 1. The van der Waals surface area contributed by atoms with Crippen LogP contribution in [0, 0.1) is 0 Å². The molecule has 5 nitrogen and oxygen atoms in total.